The lowest BCUT2D eigenvalue weighted by molar-refractivity contribution is -0.887. The summed E-state index contributed by atoms with van der Waals surface area (Å²) in [6.45, 7) is 4.78. The Morgan fingerprint density at radius 1 is 0.441 bits per heavy atom. The zero-order valence-corrected chi connectivity index (χ0v) is 45.8. The second-order valence-electron chi connectivity index (χ2n) is 21.3. The van der Waals surface area contributed by atoms with Crippen LogP contribution in [0, 0.1) is 0 Å². The molecule has 0 aromatic carbocycles. The number of quaternary nitrogens is 1. The van der Waals surface area contributed by atoms with Gasteiger partial charge in [0.2, 0.25) is 0 Å². The number of carbonyl (C=O) groups excluding carboxylic acids is 2. The molecule has 0 spiro atoms. The monoisotopic (exact) mass is 961 g/mol. The van der Waals surface area contributed by atoms with Gasteiger partial charge in [-0.2, -0.15) is 0 Å². The predicted octanol–water partition coefficient (Wildman–Crippen LogP) is 17.5. The zero-order chi connectivity index (χ0) is 49.9. The number of hydrogen-bond donors (Lipinski definition) is 1. The first-order valence-corrected chi connectivity index (χ1v) is 29.4. The number of likely N-dealkylation sites (N-methyl/N-ethyl adjacent to an activating group) is 1. The number of ether oxygens (including phenoxy) is 3. The number of nitrogens with zero attached hydrogens (tertiary/aromatic N) is 1. The molecular weight excluding hydrogens is 847 g/mol. The molecule has 0 aliphatic rings. The SMILES string of the molecule is CCCCCCC/C=C\C/C=C\CCCCCCCCCCCC(=O)OC(COCCC(C(=O)O)[N+](C)(C)C)COC(=O)CCCCCCCCCCCCCCCCCCCCCCCCC. The van der Waals surface area contributed by atoms with Crippen molar-refractivity contribution in [2.24, 2.45) is 0 Å². The molecule has 0 amide bonds. The standard InChI is InChI=1S/C60H113NO7/c1-6-8-10-12-14-16-18-20-22-24-26-28-29-31-32-34-36-38-40-42-44-46-48-50-58(62)67-55-56(54-66-53-52-57(60(64)65)61(3,4)5)68-59(63)51-49-47-45-43-41-39-37-35-33-30-27-25-23-21-19-17-15-13-11-9-7-2/h19,21,25,27,56-57H,6-18,20,22-24,26,28-55H2,1-5H3/p+1/b21-19-,27-25-. The molecule has 0 aromatic rings. The fraction of sp³-hybridized carbons (Fsp3) is 0.883. The summed E-state index contributed by atoms with van der Waals surface area (Å²) < 4.78 is 17.4. The highest BCUT2D eigenvalue weighted by atomic mass is 16.6. The van der Waals surface area contributed by atoms with Gasteiger partial charge in [0.15, 0.2) is 12.1 Å². The fourth-order valence-electron chi connectivity index (χ4n) is 9.07. The van der Waals surface area contributed by atoms with Crippen molar-refractivity contribution in [3.63, 3.8) is 0 Å². The summed E-state index contributed by atoms with van der Waals surface area (Å²) in [5, 5.41) is 9.68. The van der Waals surface area contributed by atoms with Crippen molar-refractivity contribution < 1.29 is 38.2 Å². The van der Waals surface area contributed by atoms with E-state index >= 15 is 0 Å². The largest absolute Gasteiger partial charge is 0.477 e. The van der Waals surface area contributed by atoms with Crippen molar-refractivity contribution in [3.8, 4) is 0 Å². The molecule has 2 atom stereocenters. The molecule has 0 saturated heterocycles. The predicted molar refractivity (Wildman–Crippen MR) is 289 cm³/mol. The molecule has 0 aromatic heterocycles. The summed E-state index contributed by atoms with van der Waals surface area (Å²) in [6.07, 6.45) is 61.0. The van der Waals surface area contributed by atoms with E-state index in [9.17, 15) is 19.5 Å². The molecule has 8 heteroatoms. The normalized spacial score (nSPS) is 12.9. The third-order valence-electron chi connectivity index (χ3n) is 13.6. The molecule has 0 radical (unpaired) electrons. The van der Waals surface area contributed by atoms with Crippen molar-refractivity contribution in [1.29, 1.82) is 0 Å². The van der Waals surface area contributed by atoms with Crippen LogP contribution >= 0.6 is 0 Å². The second-order valence-corrected chi connectivity index (χ2v) is 21.3. The van der Waals surface area contributed by atoms with Crippen LogP contribution < -0.4 is 0 Å². The minimum absolute atomic E-state index is 0.0471. The number of carbonyl (C=O) groups is 3. The van der Waals surface area contributed by atoms with E-state index in [2.05, 4.69) is 38.2 Å². The van der Waals surface area contributed by atoms with Crippen molar-refractivity contribution >= 4 is 17.9 Å². The summed E-state index contributed by atoms with van der Waals surface area (Å²) in [7, 11) is 5.55. The van der Waals surface area contributed by atoms with E-state index in [4.69, 9.17) is 14.2 Å². The van der Waals surface area contributed by atoms with Gasteiger partial charge in [0.1, 0.15) is 6.61 Å². The third kappa shape index (κ3) is 48.8. The quantitative estimate of drug-likeness (QED) is 0.0281. The summed E-state index contributed by atoms with van der Waals surface area (Å²) >= 11 is 0. The van der Waals surface area contributed by atoms with Crippen molar-refractivity contribution in [3.05, 3.63) is 24.3 Å². The van der Waals surface area contributed by atoms with E-state index in [0.717, 1.165) is 44.9 Å². The maximum atomic E-state index is 12.8. The van der Waals surface area contributed by atoms with Crippen LogP contribution in [0.3, 0.4) is 0 Å². The number of esters is 2. The molecule has 0 heterocycles. The van der Waals surface area contributed by atoms with Crippen LogP contribution in [0.1, 0.15) is 290 Å². The highest BCUT2D eigenvalue weighted by molar-refractivity contribution is 5.72. The van der Waals surface area contributed by atoms with Crippen molar-refractivity contribution in [1.82, 2.24) is 0 Å². The topological polar surface area (TPSA) is 99.1 Å². The Morgan fingerprint density at radius 2 is 0.779 bits per heavy atom. The van der Waals surface area contributed by atoms with Crippen LogP contribution in [0.5, 0.6) is 0 Å². The van der Waals surface area contributed by atoms with Crippen LogP contribution in [0.4, 0.5) is 0 Å². The molecule has 0 aliphatic carbocycles. The lowest BCUT2D eigenvalue weighted by Gasteiger charge is -2.31. The van der Waals surface area contributed by atoms with Gasteiger partial charge in [0.25, 0.3) is 0 Å². The number of carboxylic acids is 1. The van der Waals surface area contributed by atoms with Gasteiger partial charge in [-0.05, 0) is 44.9 Å². The molecule has 0 bridgehead atoms. The first-order chi connectivity index (χ1) is 33.1. The first-order valence-electron chi connectivity index (χ1n) is 29.4. The maximum absolute atomic E-state index is 12.8. The minimum Gasteiger partial charge on any atom is -0.477 e. The van der Waals surface area contributed by atoms with Gasteiger partial charge < -0.3 is 23.8 Å². The fourth-order valence-corrected chi connectivity index (χ4v) is 9.07. The molecule has 400 valence electrons. The Morgan fingerprint density at radius 3 is 1.13 bits per heavy atom. The van der Waals surface area contributed by atoms with E-state index in [-0.39, 0.29) is 36.2 Å². The molecule has 1 N–H and O–H groups in total. The van der Waals surface area contributed by atoms with E-state index in [1.165, 1.54) is 212 Å². The van der Waals surface area contributed by atoms with Crippen LogP contribution in [0.15, 0.2) is 24.3 Å². The highest BCUT2D eigenvalue weighted by Gasteiger charge is 2.31. The molecule has 8 nitrogen and oxygen atoms in total. The lowest BCUT2D eigenvalue weighted by Crippen LogP contribution is -2.50. The van der Waals surface area contributed by atoms with Gasteiger partial charge in [-0.15, -0.1) is 0 Å². The number of unbranched alkanes of at least 4 members (excludes halogenated alkanes) is 36. The summed E-state index contributed by atoms with van der Waals surface area (Å²) in [5.74, 6) is -1.45. The van der Waals surface area contributed by atoms with Crippen LogP contribution in [0.25, 0.3) is 0 Å². The van der Waals surface area contributed by atoms with Crippen LogP contribution in [-0.2, 0) is 28.6 Å². The molecular formula is C60H114NO7+. The number of hydrogen-bond acceptors (Lipinski definition) is 6. The lowest BCUT2D eigenvalue weighted by atomic mass is 10.0. The van der Waals surface area contributed by atoms with Gasteiger partial charge in [0.05, 0.1) is 34.4 Å². The number of rotatable bonds is 54. The van der Waals surface area contributed by atoms with Crippen molar-refractivity contribution in [2.75, 3.05) is 41.0 Å². The van der Waals surface area contributed by atoms with E-state index in [0.29, 0.717) is 19.3 Å². The number of carboxylic acid groups (broad SMARTS) is 1. The van der Waals surface area contributed by atoms with Gasteiger partial charge in [-0.25, -0.2) is 4.79 Å². The Balaban J connectivity index is 4.13. The highest BCUT2D eigenvalue weighted by Crippen LogP contribution is 2.17. The Kier molecular flexibility index (Phi) is 49.5. The smallest absolute Gasteiger partial charge is 0.362 e. The number of allylic oxidation sites excluding steroid dienone is 4. The van der Waals surface area contributed by atoms with Gasteiger partial charge in [0, 0.05) is 19.3 Å². The van der Waals surface area contributed by atoms with E-state index < -0.39 is 18.1 Å². The third-order valence-corrected chi connectivity index (χ3v) is 13.6. The Bertz CT molecular complexity index is 1160. The zero-order valence-electron chi connectivity index (χ0n) is 45.8. The maximum Gasteiger partial charge on any atom is 0.362 e. The summed E-state index contributed by atoms with van der Waals surface area (Å²) in [6, 6.07) is -0.614. The molecule has 2 unspecified atom stereocenters. The van der Waals surface area contributed by atoms with Crippen LogP contribution in [-0.4, -0.2) is 80.6 Å². The second kappa shape index (κ2) is 51.2. The average Bonchev–Trinajstić information content (AvgIpc) is 3.30. The Labute approximate surface area is 421 Å². The number of aliphatic carboxylic acids is 1. The van der Waals surface area contributed by atoms with Gasteiger partial charge in [-0.3, -0.25) is 9.59 Å². The summed E-state index contributed by atoms with van der Waals surface area (Å²) in [4.78, 5) is 37.3. The van der Waals surface area contributed by atoms with Crippen molar-refractivity contribution in [2.45, 2.75) is 302 Å². The van der Waals surface area contributed by atoms with Crippen LogP contribution in [0.2, 0.25) is 0 Å². The molecule has 0 fully saturated rings. The Hall–Kier alpha value is -2.19. The van der Waals surface area contributed by atoms with E-state index in [1.54, 1.807) is 0 Å². The molecule has 0 rings (SSSR count). The summed E-state index contributed by atoms with van der Waals surface area (Å²) in [5.41, 5.74) is 0. The van der Waals surface area contributed by atoms with Gasteiger partial charge >= 0.3 is 17.9 Å². The van der Waals surface area contributed by atoms with Gasteiger partial charge in [-0.1, -0.05) is 250 Å². The first kappa shape index (κ1) is 65.8. The molecule has 0 aliphatic heterocycles. The average molecular weight is 962 g/mol. The molecule has 68 heavy (non-hydrogen) atoms. The molecule has 0 saturated carbocycles. The minimum atomic E-state index is -0.871. The van der Waals surface area contributed by atoms with E-state index in [1.807, 2.05) is 21.1 Å².